The van der Waals surface area contributed by atoms with Crippen LogP contribution in [-0.4, -0.2) is 41.8 Å². The van der Waals surface area contributed by atoms with Gasteiger partial charge in [0.1, 0.15) is 0 Å². The minimum atomic E-state index is -0.0286. The lowest BCUT2D eigenvalue weighted by atomic mass is 9.92. The van der Waals surface area contributed by atoms with Crippen molar-refractivity contribution in [1.82, 2.24) is 4.90 Å². The van der Waals surface area contributed by atoms with Crippen LogP contribution in [0.2, 0.25) is 0 Å². The van der Waals surface area contributed by atoms with E-state index < -0.39 is 0 Å². The van der Waals surface area contributed by atoms with Gasteiger partial charge in [0.05, 0.1) is 6.10 Å². The van der Waals surface area contributed by atoms with Gasteiger partial charge in [0, 0.05) is 12.6 Å². The predicted octanol–water partition coefficient (Wildman–Crippen LogP) is 0.570. The van der Waals surface area contributed by atoms with Crippen molar-refractivity contribution in [3.8, 4) is 0 Å². The fourth-order valence-corrected chi connectivity index (χ4v) is 2.81. The van der Waals surface area contributed by atoms with E-state index in [9.17, 15) is 5.11 Å². The molecule has 1 saturated carbocycles. The SMILES string of the molecule is NCC1CCN(C2CCC(O)CC2)C1. The third-order valence-electron chi connectivity index (χ3n) is 3.83. The van der Waals surface area contributed by atoms with Gasteiger partial charge in [-0.1, -0.05) is 0 Å². The maximum absolute atomic E-state index is 9.43. The summed E-state index contributed by atoms with van der Waals surface area (Å²) in [5.74, 6) is 0.724. The molecule has 1 aliphatic heterocycles. The smallest absolute Gasteiger partial charge is 0.0541 e. The molecule has 0 bridgehead atoms. The molecule has 3 nitrogen and oxygen atoms in total. The molecule has 3 N–H and O–H groups in total. The van der Waals surface area contributed by atoms with Crippen LogP contribution in [-0.2, 0) is 0 Å². The summed E-state index contributed by atoms with van der Waals surface area (Å²) in [6.07, 6.45) is 5.59. The minimum Gasteiger partial charge on any atom is -0.393 e. The molecule has 1 aliphatic carbocycles. The first kappa shape index (κ1) is 10.4. The van der Waals surface area contributed by atoms with Crippen LogP contribution in [0.15, 0.2) is 0 Å². The second-order valence-electron chi connectivity index (χ2n) is 4.85. The first-order valence-electron chi connectivity index (χ1n) is 5.91. The third-order valence-corrected chi connectivity index (χ3v) is 3.83. The number of hydrogen-bond donors (Lipinski definition) is 2. The number of aliphatic hydroxyl groups is 1. The second-order valence-corrected chi connectivity index (χ2v) is 4.85. The summed E-state index contributed by atoms with van der Waals surface area (Å²) in [5.41, 5.74) is 5.68. The Hall–Kier alpha value is -0.120. The van der Waals surface area contributed by atoms with E-state index >= 15 is 0 Å². The molecule has 2 aliphatic rings. The molecule has 2 fully saturated rings. The minimum absolute atomic E-state index is 0.0286. The van der Waals surface area contributed by atoms with Crippen LogP contribution in [0.25, 0.3) is 0 Å². The highest BCUT2D eigenvalue weighted by molar-refractivity contribution is 4.85. The van der Waals surface area contributed by atoms with Crippen molar-refractivity contribution in [2.45, 2.75) is 44.2 Å². The molecule has 0 aromatic rings. The van der Waals surface area contributed by atoms with Crippen LogP contribution in [0.4, 0.5) is 0 Å². The fraction of sp³-hybridized carbons (Fsp3) is 1.00. The Morgan fingerprint density at radius 1 is 1.14 bits per heavy atom. The van der Waals surface area contributed by atoms with Crippen LogP contribution in [0.3, 0.4) is 0 Å². The van der Waals surface area contributed by atoms with Crippen molar-refractivity contribution >= 4 is 0 Å². The molecule has 1 atom stereocenters. The van der Waals surface area contributed by atoms with Crippen molar-refractivity contribution in [3.63, 3.8) is 0 Å². The maximum atomic E-state index is 9.43. The zero-order valence-corrected chi connectivity index (χ0v) is 8.86. The largest absolute Gasteiger partial charge is 0.393 e. The van der Waals surface area contributed by atoms with E-state index in [0.29, 0.717) is 0 Å². The van der Waals surface area contributed by atoms with Crippen molar-refractivity contribution in [2.75, 3.05) is 19.6 Å². The Bertz CT molecular complexity index is 178. The van der Waals surface area contributed by atoms with Gasteiger partial charge in [-0.05, 0) is 51.1 Å². The predicted molar refractivity (Wildman–Crippen MR) is 57.0 cm³/mol. The number of rotatable bonds is 2. The zero-order chi connectivity index (χ0) is 9.97. The van der Waals surface area contributed by atoms with Gasteiger partial charge in [-0.25, -0.2) is 0 Å². The van der Waals surface area contributed by atoms with E-state index in [1.165, 1.54) is 32.4 Å². The standard InChI is InChI=1S/C11H22N2O/c12-7-9-5-6-13(8-9)10-1-3-11(14)4-2-10/h9-11,14H,1-8,12H2. The Labute approximate surface area is 86.3 Å². The van der Waals surface area contributed by atoms with E-state index in [1.807, 2.05) is 0 Å². The summed E-state index contributed by atoms with van der Waals surface area (Å²) >= 11 is 0. The topological polar surface area (TPSA) is 49.5 Å². The van der Waals surface area contributed by atoms with Gasteiger partial charge >= 0.3 is 0 Å². The number of nitrogens with zero attached hydrogens (tertiary/aromatic N) is 1. The van der Waals surface area contributed by atoms with Crippen molar-refractivity contribution in [1.29, 1.82) is 0 Å². The van der Waals surface area contributed by atoms with E-state index in [-0.39, 0.29) is 6.10 Å². The molecule has 1 saturated heterocycles. The molecule has 0 aromatic carbocycles. The van der Waals surface area contributed by atoms with Crippen LogP contribution in [0.1, 0.15) is 32.1 Å². The lowest BCUT2D eigenvalue weighted by Gasteiger charge is -2.33. The normalized spacial score (nSPS) is 40.3. The number of likely N-dealkylation sites (tertiary alicyclic amines) is 1. The first-order chi connectivity index (χ1) is 6.79. The van der Waals surface area contributed by atoms with Gasteiger partial charge in [0.15, 0.2) is 0 Å². The maximum Gasteiger partial charge on any atom is 0.0541 e. The molecule has 0 aromatic heterocycles. The average molecular weight is 198 g/mol. The van der Waals surface area contributed by atoms with Crippen molar-refractivity contribution < 1.29 is 5.11 Å². The van der Waals surface area contributed by atoms with Crippen LogP contribution >= 0.6 is 0 Å². The van der Waals surface area contributed by atoms with Gasteiger partial charge < -0.3 is 15.7 Å². The quantitative estimate of drug-likeness (QED) is 0.682. The molecule has 0 radical (unpaired) electrons. The summed E-state index contributed by atoms with van der Waals surface area (Å²) in [6, 6.07) is 0.731. The summed E-state index contributed by atoms with van der Waals surface area (Å²) < 4.78 is 0. The van der Waals surface area contributed by atoms with Crippen molar-refractivity contribution in [3.05, 3.63) is 0 Å². The first-order valence-corrected chi connectivity index (χ1v) is 5.91. The van der Waals surface area contributed by atoms with Gasteiger partial charge in [-0.3, -0.25) is 0 Å². The monoisotopic (exact) mass is 198 g/mol. The van der Waals surface area contributed by atoms with Gasteiger partial charge in [0.25, 0.3) is 0 Å². The number of hydrogen-bond acceptors (Lipinski definition) is 3. The summed E-state index contributed by atoms with van der Waals surface area (Å²) in [5, 5.41) is 9.43. The lowest BCUT2D eigenvalue weighted by molar-refractivity contribution is 0.0823. The van der Waals surface area contributed by atoms with Crippen LogP contribution in [0, 0.1) is 5.92 Å². The molecular formula is C11H22N2O. The zero-order valence-electron chi connectivity index (χ0n) is 8.86. The Balaban J connectivity index is 1.79. The molecule has 82 valence electrons. The molecule has 0 spiro atoms. The highest BCUT2D eigenvalue weighted by Gasteiger charge is 2.29. The van der Waals surface area contributed by atoms with Crippen LogP contribution in [0.5, 0.6) is 0 Å². The summed E-state index contributed by atoms with van der Waals surface area (Å²) in [7, 11) is 0. The lowest BCUT2D eigenvalue weighted by Crippen LogP contribution is -2.38. The summed E-state index contributed by atoms with van der Waals surface area (Å²) in [4.78, 5) is 2.59. The summed E-state index contributed by atoms with van der Waals surface area (Å²) in [6.45, 7) is 3.26. The Morgan fingerprint density at radius 2 is 1.86 bits per heavy atom. The Kier molecular flexibility index (Phi) is 3.42. The number of aliphatic hydroxyl groups excluding tert-OH is 1. The third kappa shape index (κ3) is 2.27. The molecular weight excluding hydrogens is 176 g/mol. The Morgan fingerprint density at radius 3 is 2.43 bits per heavy atom. The highest BCUT2D eigenvalue weighted by atomic mass is 16.3. The van der Waals surface area contributed by atoms with E-state index in [1.54, 1.807) is 0 Å². The van der Waals surface area contributed by atoms with Gasteiger partial charge in [0.2, 0.25) is 0 Å². The molecule has 3 heteroatoms. The van der Waals surface area contributed by atoms with E-state index in [4.69, 9.17) is 5.73 Å². The molecule has 14 heavy (non-hydrogen) atoms. The second kappa shape index (κ2) is 4.60. The van der Waals surface area contributed by atoms with Crippen LogP contribution < -0.4 is 5.73 Å². The number of nitrogens with two attached hydrogens (primary N) is 1. The van der Waals surface area contributed by atoms with E-state index in [2.05, 4.69) is 4.90 Å². The molecule has 1 heterocycles. The van der Waals surface area contributed by atoms with Crippen molar-refractivity contribution in [2.24, 2.45) is 11.7 Å². The fourth-order valence-electron chi connectivity index (χ4n) is 2.81. The van der Waals surface area contributed by atoms with E-state index in [0.717, 1.165) is 31.3 Å². The average Bonchev–Trinajstić information content (AvgIpc) is 2.67. The highest BCUT2D eigenvalue weighted by Crippen LogP contribution is 2.27. The molecule has 1 unspecified atom stereocenters. The molecule has 2 rings (SSSR count). The van der Waals surface area contributed by atoms with Gasteiger partial charge in [-0.2, -0.15) is 0 Å². The van der Waals surface area contributed by atoms with Gasteiger partial charge in [-0.15, -0.1) is 0 Å². The molecule has 0 amide bonds.